The van der Waals surface area contributed by atoms with Gasteiger partial charge >= 0.3 is 0 Å². The standard InChI is InChI=1S/C32H29ClF3N7O3S/c1-4-21(44)41-11-19-31(45)43-12-20(18-6-5-7-40(18)3)46-30-28(43)27(42(19)10-13(41)2)14-8-15(33)22(24(36)25(14)38-30)23-16(34)9-17(35)29-26(23)39-32(37)47-29/h4,8-9,13,18-20H,1,5-7,10-12H2,2-3H3,(H2,37,39)/t13-,18+,19-,20-/m1/s1. The minimum atomic E-state index is -1.06. The SMILES string of the molecule is C=CC(=O)N1C[C@@H]2C(=O)N3C[C@H]([C@@H]4CCCN4C)Oc4nc5c(F)c(-c6c(F)cc(F)c7sc(N)nc67)c(Cl)cc5c(c43)N2C[C@H]1C. The van der Waals surface area contributed by atoms with Crippen LogP contribution in [0.4, 0.5) is 29.7 Å². The van der Waals surface area contributed by atoms with Crippen LogP contribution < -0.4 is 20.3 Å². The molecule has 4 aliphatic rings. The minimum Gasteiger partial charge on any atom is -0.469 e. The number of rotatable bonds is 3. The second-order valence-corrected chi connectivity index (χ2v) is 13.9. The van der Waals surface area contributed by atoms with E-state index in [1.54, 1.807) is 9.80 Å². The summed E-state index contributed by atoms with van der Waals surface area (Å²) < 4.78 is 53.7. The summed E-state index contributed by atoms with van der Waals surface area (Å²) in [4.78, 5) is 43.1. The lowest BCUT2D eigenvalue weighted by molar-refractivity contribution is -0.131. The van der Waals surface area contributed by atoms with Gasteiger partial charge in [-0.15, -0.1) is 0 Å². The zero-order chi connectivity index (χ0) is 33.0. The number of nitrogen functional groups attached to an aromatic ring is 1. The minimum absolute atomic E-state index is 0.0116. The predicted molar refractivity (Wildman–Crippen MR) is 175 cm³/mol. The van der Waals surface area contributed by atoms with Crippen molar-refractivity contribution in [3.63, 3.8) is 0 Å². The van der Waals surface area contributed by atoms with E-state index in [0.29, 0.717) is 17.4 Å². The van der Waals surface area contributed by atoms with Gasteiger partial charge in [0.15, 0.2) is 10.9 Å². The summed E-state index contributed by atoms with van der Waals surface area (Å²) >= 11 is 7.60. The molecule has 0 spiro atoms. The van der Waals surface area contributed by atoms with Crippen LogP contribution in [0, 0.1) is 17.5 Å². The molecule has 2 saturated heterocycles. The Hall–Kier alpha value is -4.14. The topological polar surface area (TPSA) is 108 Å². The average Bonchev–Trinajstić information content (AvgIpc) is 3.65. The molecule has 4 aliphatic heterocycles. The van der Waals surface area contributed by atoms with Gasteiger partial charge in [-0.2, -0.15) is 0 Å². The average molecular weight is 684 g/mol. The number of anilines is 3. The first kappa shape index (κ1) is 30.2. The Balaban J connectivity index is 1.38. The highest BCUT2D eigenvalue weighted by Gasteiger charge is 2.50. The zero-order valence-corrected chi connectivity index (χ0v) is 27.0. The number of benzene rings is 2. The number of carbonyl (C=O) groups excluding carboxylic acids is 2. The number of aromatic nitrogens is 2. The van der Waals surface area contributed by atoms with Gasteiger partial charge < -0.3 is 25.2 Å². The third-order valence-electron chi connectivity index (χ3n) is 9.86. The van der Waals surface area contributed by atoms with Crippen LogP contribution in [0.5, 0.6) is 5.88 Å². The zero-order valence-electron chi connectivity index (χ0n) is 25.4. The van der Waals surface area contributed by atoms with E-state index in [-0.39, 0.29) is 91.8 Å². The summed E-state index contributed by atoms with van der Waals surface area (Å²) in [6, 6.07) is 1.02. The molecule has 0 bridgehead atoms. The van der Waals surface area contributed by atoms with Crippen LogP contribution in [0.25, 0.3) is 32.2 Å². The molecule has 47 heavy (non-hydrogen) atoms. The van der Waals surface area contributed by atoms with E-state index in [0.717, 1.165) is 30.7 Å². The fourth-order valence-electron chi connectivity index (χ4n) is 7.69. The number of fused-ring (bicyclic) bond motifs is 5. The third kappa shape index (κ3) is 4.34. The van der Waals surface area contributed by atoms with Crippen LogP contribution in [-0.2, 0) is 9.59 Å². The molecule has 4 aromatic rings. The largest absolute Gasteiger partial charge is 0.469 e. The van der Waals surface area contributed by atoms with Gasteiger partial charge in [0.1, 0.15) is 35.0 Å². The Kier molecular flexibility index (Phi) is 6.87. The number of hydrogen-bond donors (Lipinski definition) is 1. The van der Waals surface area contributed by atoms with Crippen molar-refractivity contribution >= 4 is 72.4 Å². The fraction of sp³-hybridized carbons (Fsp3) is 0.375. The van der Waals surface area contributed by atoms with Gasteiger partial charge in [0.05, 0.1) is 34.0 Å². The first-order valence-electron chi connectivity index (χ1n) is 15.3. The van der Waals surface area contributed by atoms with E-state index >= 15 is 8.78 Å². The number of likely N-dealkylation sites (tertiary alicyclic amines) is 1. The quantitative estimate of drug-likeness (QED) is 0.302. The fourth-order valence-corrected chi connectivity index (χ4v) is 8.72. The lowest BCUT2D eigenvalue weighted by Crippen LogP contribution is -2.67. The van der Waals surface area contributed by atoms with Gasteiger partial charge in [-0.25, -0.2) is 23.1 Å². The van der Waals surface area contributed by atoms with Crippen LogP contribution >= 0.6 is 22.9 Å². The predicted octanol–water partition coefficient (Wildman–Crippen LogP) is 4.96. The molecular formula is C32H29ClF3N7O3S. The van der Waals surface area contributed by atoms with E-state index in [1.165, 1.54) is 12.1 Å². The molecular weight excluding hydrogens is 655 g/mol. The lowest BCUT2D eigenvalue weighted by Gasteiger charge is -2.52. The maximum atomic E-state index is 17.0. The molecule has 244 valence electrons. The van der Waals surface area contributed by atoms with Crippen molar-refractivity contribution in [3.05, 3.63) is 47.3 Å². The Morgan fingerprint density at radius 3 is 2.64 bits per heavy atom. The summed E-state index contributed by atoms with van der Waals surface area (Å²) in [5, 5.41) is 0.0990. The normalized spacial score (nSPS) is 24.1. The molecule has 2 amide bonds. The monoisotopic (exact) mass is 683 g/mol. The van der Waals surface area contributed by atoms with Crippen molar-refractivity contribution in [1.82, 2.24) is 19.8 Å². The second-order valence-electron chi connectivity index (χ2n) is 12.5. The van der Waals surface area contributed by atoms with Crippen molar-refractivity contribution in [2.24, 2.45) is 0 Å². The number of pyridine rings is 1. The number of halogens is 4. The summed E-state index contributed by atoms with van der Waals surface area (Å²) in [5.41, 5.74) is 5.74. The van der Waals surface area contributed by atoms with Crippen LogP contribution in [-0.4, -0.2) is 89.0 Å². The summed E-state index contributed by atoms with van der Waals surface area (Å²) in [7, 11) is 1.99. The van der Waals surface area contributed by atoms with E-state index in [2.05, 4.69) is 21.4 Å². The van der Waals surface area contributed by atoms with E-state index < -0.39 is 29.6 Å². The number of hydrogen-bond acceptors (Lipinski definition) is 9. The lowest BCUT2D eigenvalue weighted by atomic mass is 9.94. The number of carbonyl (C=O) groups is 2. The van der Waals surface area contributed by atoms with Crippen molar-refractivity contribution in [2.45, 2.75) is 44.0 Å². The van der Waals surface area contributed by atoms with Gasteiger partial charge in [0.25, 0.3) is 5.91 Å². The van der Waals surface area contributed by atoms with Gasteiger partial charge in [0, 0.05) is 41.2 Å². The molecule has 0 saturated carbocycles. The number of nitrogens with two attached hydrogens (primary N) is 1. The number of likely N-dealkylation sites (N-methyl/N-ethyl adjacent to an activating group) is 1. The van der Waals surface area contributed by atoms with Crippen molar-refractivity contribution in [3.8, 4) is 17.0 Å². The Morgan fingerprint density at radius 1 is 1.13 bits per heavy atom. The first-order valence-corrected chi connectivity index (χ1v) is 16.5. The van der Waals surface area contributed by atoms with E-state index in [4.69, 9.17) is 22.1 Å². The van der Waals surface area contributed by atoms with Gasteiger partial charge in [-0.05, 0) is 45.5 Å². The second kappa shape index (κ2) is 10.7. The number of thiazole rings is 1. The molecule has 8 rings (SSSR count). The third-order valence-corrected chi connectivity index (χ3v) is 11.1. The smallest absolute Gasteiger partial charge is 0.251 e. The Labute approximate surface area is 276 Å². The van der Waals surface area contributed by atoms with Gasteiger partial charge in [-0.3, -0.25) is 14.5 Å². The molecule has 15 heteroatoms. The summed E-state index contributed by atoms with van der Waals surface area (Å²) in [5.74, 6) is -3.33. The molecule has 4 atom stereocenters. The maximum Gasteiger partial charge on any atom is 0.251 e. The number of nitrogens with zero attached hydrogens (tertiary/aromatic N) is 6. The van der Waals surface area contributed by atoms with E-state index in [9.17, 15) is 14.0 Å². The van der Waals surface area contributed by atoms with Crippen LogP contribution in [0.1, 0.15) is 19.8 Å². The number of amides is 2. The summed E-state index contributed by atoms with van der Waals surface area (Å²) in [6.45, 7) is 6.93. The van der Waals surface area contributed by atoms with Crippen LogP contribution in [0.2, 0.25) is 5.02 Å². The highest BCUT2D eigenvalue weighted by molar-refractivity contribution is 7.22. The Bertz CT molecular complexity index is 2060. The molecule has 6 heterocycles. The van der Waals surface area contributed by atoms with Gasteiger partial charge in [-0.1, -0.05) is 29.5 Å². The number of ether oxygens (including phenoxy) is 1. The molecule has 2 aromatic heterocycles. The van der Waals surface area contributed by atoms with E-state index in [1.807, 2.05) is 18.9 Å². The van der Waals surface area contributed by atoms with Crippen LogP contribution in [0.15, 0.2) is 24.8 Å². The van der Waals surface area contributed by atoms with Crippen LogP contribution in [0.3, 0.4) is 0 Å². The first-order chi connectivity index (χ1) is 22.5. The summed E-state index contributed by atoms with van der Waals surface area (Å²) in [6.07, 6.45) is 2.57. The molecule has 2 fully saturated rings. The molecule has 0 radical (unpaired) electrons. The number of piperazine rings is 1. The molecule has 2 N–H and O–H groups in total. The van der Waals surface area contributed by atoms with Crippen molar-refractivity contribution in [1.29, 1.82) is 0 Å². The molecule has 2 aromatic carbocycles. The molecule has 0 aliphatic carbocycles. The molecule has 0 unspecified atom stereocenters. The molecule has 10 nitrogen and oxygen atoms in total. The van der Waals surface area contributed by atoms with Crippen molar-refractivity contribution < 1.29 is 27.5 Å². The highest BCUT2D eigenvalue weighted by atomic mass is 35.5. The maximum absolute atomic E-state index is 17.0. The van der Waals surface area contributed by atoms with Crippen molar-refractivity contribution in [2.75, 3.05) is 48.8 Å². The van der Waals surface area contributed by atoms with Gasteiger partial charge in [0.2, 0.25) is 11.8 Å². The Morgan fingerprint density at radius 2 is 1.91 bits per heavy atom. The highest BCUT2D eigenvalue weighted by Crippen LogP contribution is 2.52.